The second-order valence-corrected chi connectivity index (χ2v) is 4.64. The number of aliphatic hydroxyl groups excluding tert-OH is 1. The van der Waals surface area contributed by atoms with Gasteiger partial charge < -0.3 is 10.4 Å². The Labute approximate surface area is 119 Å². The summed E-state index contributed by atoms with van der Waals surface area (Å²) in [7, 11) is 0. The fraction of sp³-hybridized carbons (Fsp3) is 0.235. The van der Waals surface area contributed by atoms with Crippen molar-refractivity contribution >= 4 is 11.6 Å². The van der Waals surface area contributed by atoms with Gasteiger partial charge in [0.25, 0.3) is 0 Å². The van der Waals surface area contributed by atoms with E-state index in [1.807, 2.05) is 54.6 Å². The van der Waals surface area contributed by atoms with Crippen molar-refractivity contribution in [1.29, 1.82) is 0 Å². The molecule has 0 radical (unpaired) electrons. The second kappa shape index (κ2) is 7.46. The van der Waals surface area contributed by atoms with Crippen LogP contribution in [0.1, 0.15) is 19.3 Å². The summed E-state index contributed by atoms with van der Waals surface area (Å²) in [5, 5.41) is 11.7. The van der Waals surface area contributed by atoms with E-state index in [0.717, 1.165) is 16.8 Å². The number of rotatable bonds is 6. The first-order valence-electron chi connectivity index (χ1n) is 6.86. The summed E-state index contributed by atoms with van der Waals surface area (Å²) in [5.74, 6) is -0.0122. The van der Waals surface area contributed by atoms with Crippen LogP contribution in [0.2, 0.25) is 0 Å². The summed E-state index contributed by atoms with van der Waals surface area (Å²) in [4.78, 5) is 11.9. The molecule has 20 heavy (non-hydrogen) atoms. The predicted octanol–water partition coefficient (Wildman–Crippen LogP) is 3.45. The summed E-state index contributed by atoms with van der Waals surface area (Å²) in [5.41, 5.74) is 2.93. The smallest absolute Gasteiger partial charge is 0.224 e. The molecule has 0 spiro atoms. The first kappa shape index (κ1) is 14.3. The molecule has 0 atom stereocenters. The monoisotopic (exact) mass is 269 g/mol. The molecule has 0 aliphatic rings. The molecule has 0 saturated heterocycles. The number of para-hydroxylation sites is 1. The van der Waals surface area contributed by atoms with E-state index >= 15 is 0 Å². The number of hydrogen-bond donors (Lipinski definition) is 2. The number of nitrogens with one attached hydrogen (secondary N) is 1. The molecule has 0 aromatic heterocycles. The van der Waals surface area contributed by atoms with Gasteiger partial charge >= 0.3 is 0 Å². The lowest BCUT2D eigenvalue weighted by molar-refractivity contribution is -0.116. The van der Waals surface area contributed by atoms with Crippen molar-refractivity contribution in [2.45, 2.75) is 19.3 Å². The number of carbonyl (C=O) groups excluding carboxylic acids is 1. The summed E-state index contributed by atoms with van der Waals surface area (Å²) in [6.07, 6.45) is 1.80. The highest BCUT2D eigenvalue weighted by atomic mass is 16.2. The van der Waals surface area contributed by atoms with Crippen molar-refractivity contribution in [3.05, 3.63) is 54.6 Å². The van der Waals surface area contributed by atoms with Crippen molar-refractivity contribution < 1.29 is 9.90 Å². The molecule has 1 amide bonds. The van der Waals surface area contributed by atoms with Gasteiger partial charge in [-0.1, -0.05) is 48.5 Å². The third-order valence-electron chi connectivity index (χ3n) is 3.10. The van der Waals surface area contributed by atoms with Crippen LogP contribution in [0.5, 0.6) is 0 Å². The number of unbranched alkanes of at least 4 members (excludes halogenated alkanes) is 1. The Morgan fingerprint density at radius 3 is 2.40 bits per heavy atom. The van der Waals surface area contributed by atoms with E-state index in [1.54, 1.807) is 0 Å². The van der Waals surface area contributed by atoms with E-state index in [1.165, 1.54) is 0 Å². The fourth-order valence-electron chi connectivity index (χ4n) is 2.07. The second-order valence-electron chi connectivity index (χ2n) is 4.64. The van der Waals surface area contributed by atoms with E-state index < -0.39 is 0 Å². The maximum absolute atomic E-state index is 11.9. The molecule has 104 valence electrons. The zero-order valence-corrected chi connectivity index (χ0v) is 11.4. The van der Waals surface area contributed by atoms with Gasteiger partial charge in [0.05, 0.1) is 0 Å². The molecule has 2 N–H and O–H groups in total. The number of carbonyl (C=O) groups is 1. The van der Waals surface area contributed by atoms with Crippen LogP contribution >= 0.6 is 0 Å². The van der Waals surface area contributed by atoms with Crippen LogP contribution in [-0.4, -0.2) is 17.6 Å². The van der Waals surface area contributed by atoms with Gasteiger partial charge in [0.15, 0.2) is 0 Å². The van der Waals surface area contributed by atoms with Crippen molar-refractivity contribution in [3.8, 4) is 11.1 Å². The van der Waals surface area contributed by atoms with Gasteiger partial charge in [-0.15, -0.1) is 0 Å². The van der Waals surface area contributed by atoms with Crippen LogP contribution in [0.3, 0.4) is 0 Å². The SMILES string of the molecule is O=C(CCCCO)Nc1ccccc1-c1ccccc1. The van der Waals surface area contributed by atoms with Crippen molar-refractivity contribution in [3.63, 3.8) is 0 Å². The quantitative estimate of drug-likeness (QED) is 0.789. The molecule has 3 nitrogen and oxygen atoms in total. The zero-order chi connectivity index (χ0) is 14.2. The molecule has 0 saturated carbocycles. The molecule has 3 heteroatoms. The Balaban J connectivity index is 2.11. The Hall–Kier alpha value is -2.13. The minimum absolute atomic E-state index is 0.0122. The molecule has 2 aromatic carbocycles. The molecule has 0 fully saturated rings. The van der Waals surface area contributed by atoms with Crippen molar-refractivity contribution in [1.82, 2.24) is 0 Å². The van der Waals surface area contributed by atoms with Gasteiger partial charge in [-0.05, 0) is 24.5 Å². The summed E-state index contributed by atoms with van der Waals surface area (Å²) in [6.45, 7) is 0.133. The van der Waals surface area contributed by atoms with Crippen LogP contribution in [0, 0.1) is 0 Å². The molecule has 0 bridgehead atoms. The van der Waals surface area contributed by atoms with Gasteiger partial charge in [-0.25, -0.2) is 0 Å². The van der Waals surface area contributed by atoms with Gasteiger partial charge in [-0.3, -0.25) is 4.79 Å². The van der Waals surface area contributed by atoms with Crippen molar-refractivity contribution in [2.24, 2.45) is 0 Å². The number of anilines is 1. The lowest BCUT2D eigenvalue weighted by Gasteiger charge is -2.11. The Bertz CT molecular complexity index is 552. The Kier molecular flexibility index (Phi) is 5.33. The van der Waals surface area contributed by atoms with E-state index in [0.29, 0.717) is 19.3 Å². The standard InChI is InChI=1S/C17H19NO2/c19-13-7-6-12-17(20)18-16-11-5-4-10-15(16)14-8-2-1-3-9-14/h1-5,8-11,19H,6-7,12-13H2,(H,18,20). The van der Waals surface area contributed by atoms with E-state index in [9.17, 15) is 4.79 Å². The van der Waals surface area contributed by atoms with Gasteiger partial charge in [-0.2, -0.15) is 0 Å². The lowest BCUT2D eigenvalue weighted by Crippen LogP contribution is -2.12. The molecular formula is C17H19NO2. The van der Waals surface area contributed by atoms with Crippen LogP contribution in [0.4, 0.5) is 5.69 Å². The summed E-state index contributed by atoms with van der Waals surface area (Å²) < 4.78 is 0. The zero-order valence-electron chi connectivity index (χ0n) is 11.4. The first-order valence-corrected chi connectivity index (χ1v) is 6.86. The number of hydrogen-bond acceptors (Lipinski definition) is 2. The van der Waals surface area contributed by atoms with E-state index in [2.05, 4.69) is 5.32 Å². The van der Waals surface area contributed by atoms with E-state index in [-0.39, 0.29) is 12.5 Å². The number of benzene rings is 2. The molecule has 0 aliphatic heterocycles. The number of aliphatic hydroxyl groups is 1. The minimum atomic E-state index is -0.0122. The van der Waals surface area contributed by atoms with Crippen molar-refractivity contribution in [2.75, 3.05) is 11.9 Å². The highest BCUT2D eigenvalue weighted by molar-refractivity contribution is 5.95. The maximum Gasteiger partial charge on any atom is 0.224 e. The predicted molar refractivity (Wildman–Crippen MR) is 81.4 cm³/mol. The van der Waals surface area contributed by atoms with Gasteiger partial charge in [0, 0.05) is 24.3 Å². The average molecular weight is 269 g/mol. The van der Waals surface area contributed by atoms with Crippen LogP contribution < -0.4 is 5.32 Å². The Morgan fingerprint density at radius 1 is 0.950 bits per heavy atom. The molecule has 2 rings (SSSR count). The molecule has 0 aliphatic carbocycles. The minimum Gasteiger partial charge on any atom is -0.396 e. The first-order chi connectivity index (χ1) is 9.81. The van der Waals surface area contributed by atoms with Gasteiger partial charge in [0.1, 0.15) is 0 Å². The Morgan fingerprint density at radius 2 is 1.65 bits per heavy atom. The molecule has 2 aromatic rings. The topological polar surface area (TPSA) is 49.3 Å². The highest BCUT2D eigenvalue weighted by Crippen LogP contribution is 2.27. The molecule has 0 heterocycles. The summed E-state index contributed by atoms with van der Waals surface area (Å²) in [6, 6.07) is 17.8. The molecular weight excluding hydrogens is 250 g/mol. The third kappa shape index (κ3) is 3.93. The van der Waals surface area contributed by atoms with Crippen LogP contribution in [0.25, 0.3) is 11.1 Å². The lowest BCUT2D eigenvalue weighted by atomic mass is 10.0. The maximum atomic E-state index is 11.9. The van der Waals surface area contributed by atoms with E-state index in [4.69, 9.17) is 5.11 Å². The van der Waals surface area contributed by atoms with Gasteiger partial charge in [0.2, 0.25) is 5.91 Å². The van der Waals surface area contributed by atoms with Crippen LogP contribution in [-0.2, 0) is 4.79 Å². The largest absolute Gasteiger partial charge is 0.396 e. The summed E-state index contributed by atoms with van der Waals surface area (Å²) >= 11 is 0. The van der Waals surface area contributed by atoms with Crippen LogP contribution in [0.15, 0.2) is 54.6 Å². The fourth-order valence-corrected chi connectivity index (χ4v) is 2.07. The number of amides is 1. The highest BCUT2D eigenvalue weighted by Gasteiger charge is 2.07. The normalized spacial score (nSPS) is 10.2. The molecule has 0 unspecified atom stereocenters. The third-order valence-corrected chi connectivity index (χ3v) is 3.10. The average Bonchev–Trinajstić information content (AvgIpc) is 2.49.